The molecule has 0 aromatic heterocycles. The maximum atomic E-state index is 11.9. The summed E-state index contributed by atoms with van der Waals surface area (Å²) < 4.78 is 0. The highest BCUT2D eigenvalue weighted by Crippen LogP contribution is 2.39. The van der Waals surface area contributed by atoms with Crippen LogP contribution in [0.2, 0.25) is 0 Å². The van der Waals surface area contributed by atoms with Gasteiger partial charge in [-0.25, -0.2) is 0 Å². The molecule has 1 fully saturated rings. The summed E-state index contributed by atoms with van der Waals surface area (Å²) in [7, 11) is 3.98. The maximum Gasteiger partial charge on any atom is 0.310 e. The Morgan fingerprint density at radius 3 is 2.37 bits per heavy atom. The lowest BCUT2D eigenvalue weighted by Crippen LogP contribution is -2.39. The minimum atomic E-state index is -0.816. The molecule has 0 aromatic rings. The van der Waals surface area contributed by atoms with E-state index in [1.165, 1.54) is 0 Å². The fraction of sp³-hybridized carbons (Fsp3) is 0.857. The number of rotatable bonds is 7. The van der Waals surface area contributed by atoms with E-state index in [1.807, 2.05) is 14.1 Å². The first-order valence-electron chi connectivity index (χ1n) is 7.11. The third-order valence-corrected chi connectivity index (χ3v) is 3.87. The van der Waals surface area contributed by atoms with Crippen molar-refractivity contribution in [2.75, 3.05) is 27.2 Å². The third kappa shape index (κ3) is 5.19. The Bertz CT molecular complexity index is 310. The largest absolute Gasteiger partial charge is 0.481 e. The van der Waals surface area contributed by atoms with Crippen molar-refractivity contribution >= 4 is 11.9 Å². The molecule has 2 N–H and O–H groups in total. The molecular weight excluding hydrogens is 244 g/mol. The van der Waals surface area contributed by atoms with Gasteiger partial charge < -0.3 is 15.3 Å². The number of carbonyl (C=O) groups is 2. The first-order chi connectivity index (χ1) is 8.96. The highest BCUT2D eigenvalue weighted by Gasteiger charge is 2.41. The number of nitrogens with zero attached hydrogens (tertiary/aromatic N) is 1. The van der Waals surface area contributed by atoms with Gasteiger partial charge >= 0.3 is 5.97 Å². The molecule has 5 heteroatoms. The molecule has 0 bridgehead atoms. The van der Waals surface area contributed by atoms with E-state index in [1.54, 1.807) is 0 Å². The number of carbonyl (C=O) groups excluding carboxylic acids is 1. The van der Waals surface area contributed by atoms with Crippen molar-refractivity contribution in [3.05, 3.63) is 0 Å². The van der Waals surface area contributed by atoms with E-state index in [0.717, 1.165) is 32.2 Å². The number of hydrogen-bond donors (Lipinski definition) is 2. The van der Waals surface area contributed by atoms with Crippen LogP contribution in [-0.2, 0) is 9.59 Å². The highest BCUT2D eigenvalue weighted by atomic mass is 16.4. The molecule has 0 spiro atoms. The van der Waals surface area contributed by atoms with Crippen molar-refractivity contribution in [3.8, 4) is 0 Å². The lowest BCUT2D eigenvalue weighted by atomic mass is 9.71. The topological polar surface area (TPSA) is 69.6 Å². The van der Waals surface area contributed by atoms with Gasteiger partial charge in [0.25, 0.3) is 0 Å². The standard InChI is InChI=1S/C14H26N2O3/c1-16(2)10-6-9-15-12(17)11-14(13(18)19)7-4-3-5-8-14/h3-11H2,1-2H3,(H,15,17)(H,18,19). The van der Waals surface area contributed by atoms with Crippen molar-refractivity contribution in [2.45, 2.75) is 44.9 Å². The second kappa shape index (κ2) is 7.48. The average molecular weight is 270 g/mol. The van der Waals surface area contributed by atoms with Crippen LogP contribution in [0.25, 0.3) is 0 Å². The lowest BCUT2D eigenvalue weighted by Gasteiger charge is -2.32. The summed E-state index contributed by atoms with van der Waals surface area (Å²) >= 11 is 0. The molecule has 0 aliphatic heterocycles. The molecule has 0 heterocycles. The van der Waals surface area contributed by atoms with Crippen molar-refractivity contribution in [1.82, 2.24) is 10.2 Å². The molecular formula is C14H26N2O3. The van der Waals surface area contributed by atoms with Crippen molar-refractivity contribution < 1.29 is 14.7 Å². The van der Waals surface area contributed by atoms with Gasteiger partial charge in [-0.3, -0.25) is 9.59 Å². The van der Waals surface area contributed by atoms with Gasteiger partial charge in [-0.05, 0) is 39.9 Å². The first kappa shape index (κ1) is 16.0. The first-order valence-corrected chi connectivity index (χ1v) is 7.11. The van der Waals surface area contributed by atoms with Crippen LogP contribution in [-0.4, -0.2) is 49.1 Å². The van der Waals surface area contributed by atoms with Crippen LogP contribution >= 0.6 is 0 Å². The third-order valence-electron chi connectivity index (χ3n) is 3.87. The van der Waals surface area contributed by atoms with Crippen molar-refractivity contribution in [2.24, 2.45) is 5.41 Å². The molecule has 0 atom stereocenters. The summed E-state index contributed by atoms with van der Waals surface area (Å²) in [6, 6.07) is 0. The molecule has 0 unspecified atom stereocenters. The summed E-state index contributed by atoms with van der Waals surface area (Å²) in [5.74, 6) is -0.932. The zero-order valence-electron chi connectivity index (χ0n) is 12.1. The Morgan fingerprint density at radius 2 is 1.84 bits per heavy atom. The summed E-state index contributed by atoms with van der Waals surface area (Å²) in [5.41, 5.74) is -0.816. The Balaban J connectivity index is 2.37. The number of carboxylic acid groups (broad SMARTS) is 1. The van der Waals surface area contributed by atoms with Crippen molar-refractivity contribution in [1.29, 1.82) is 0 Å². The van der Waals surface area contributed by atoms with Gasteiger partial charge in [-0.15, -0.1) is 0 Å². The molecule has 1 aliphatic carbocycles. The van der Waals surface area contributed by atoms with Gasteiger partial charge in [0.1, 0.15) is 0 Å². The van der Waals surface area contributed by atoms with Gasteiger partial charge in [0.15, 0.2) is 0 Å². The van der Waals surface area contributed by atoms with Crippen LogP contribution in [0.3, 0.4) is 0 Å². The highest BCUT2D eigenvalue weighted by molar-refractivity contribution is 5.85. The zero-order valence-corrected chi connectivity index (χ0v) is 12.1. The van der Waals surface area contributed by atoms with E-state index >= 15 is 0 Å². The Kier molecular flexibility index (Phi) is 6.28. The molecule has 0 aromatic carbocycles. The zero-order chi connectivity index (χ0) is 14.3. The predicted molar refractivity (Wildman–Crippen MR) is 74.0 cm³/mol. The minimum Gasteiger partial charge on any atom is -0.481 e. The summed E-state index contributed by atoms with van der Waals surface area (Å²) in [4.78, 5) is 25.4. The number of carboxylic acids is 1. The van der Waals surface area contributed by atoms with Crippen LogP contribution in [0.1, 0.15) is 44.9 Å². The maximum absolute atomic E-state index is 11.9. The number of amides is 1. The predicted octanol–water partition coefficient (Wildman–Crippen LogP) is 1.48. The molecule has 0 saturated heterocycles. The van der Waals surface area contributed by atoms with E-state index in [0.29, 0.717) is 19.4 Å². The van der Waals surface area contributed by atoms with Crippen LogP contribution in [0.4, 0.5) is 0 Å². The Hall–Kier alpha value is -1.10. The normalized spacial score (nSPS) is 18.3. The summed E-state index contributed by atoms with van der Waals surface area (Å²) in [5, 5.41) is 12.2. The monoisotopic (exact) mass is 270 g/mol. The number of hydrogen-bond acceptors (Lipinski definition) is 3. The van der Waals surface area contributed by atoms with E-state index < -0.39 is 11.4 Å². The van der Waals surface area contributed by atoms with E-state index in [2.05, 4.69) is 10.2 Å². The molecule has 110 valence electrons. The molecule has 0 radical (unpaired) electrons. The van der Waals surface area contributed by atoms with E-state index in [9.17, 15) is 14.7 Å². The number of aliphatic carboxylic acids is 1. The molecule has 1 aliphatic rings. The van der Waals surface area contributed by atoms with Crippen LogP contribution in [0.5, 0.6) is 0 Å². The molecule has 1 saturated carbocycles. The fourth-order valence-corrected chi connectivity index (χ4v) is 2.69. The smallest absolute Gasteiger partial charge is 0.310 e. The Labute approximate surface area is 115 Å². The number of nitrogens with one attached hydrogen (secondary N) is 1. The van der Waals surface area contributed by atoms with E-state index in [-0.39, 0.29) is 12.3 Å². The molecule has 5 nitrogen and oxygen atoms in total. The average Bonchev–Trinajstić information content (AvgIpc) is 2.35. The quantitative estimate of drug-likeness (QED) is 0.688. The van der Waals surface area contributed by atoms with Crippen LogP contribution in [0, 0.1) is 5.41 Å². The molecule has 1 amide bonds. The Morgan fingerprint density at radius 1 is 1.21 bits per heavy atom. The van der Waals surface area contributed by atoms with Gasteiger partial charge in [-0.1, -0.05) is 19.3 Å². The van der Waals surface area contributed by atoms with Gasteiger partial charge in [0, 0.05) is 13.0 Å². The summed E-state index contributed by atoms with van der Waals surface area (Å²) in [6.45, 7) is 1.54. The molecule has 19 heavy (non-hydrogen) atoms. The van der Waals surface area contributed by atoms with Crippen molar-refractivity contribution in [3.63, 3.8) is 0 Å². The van der Waals surface area contributed by atoms with Gasteiger partial charge in [0.2, 0.25) is 5.91 Å². The van der Waals surface area contributed by atoms with Crippen LogP contribution < -0.4 is 5.32 Å². The van der Waals surface area contributed by atoms with E-state index in [4.69, 9.17) is 0 Å². The minimum absolute atomic E-state index is 0.122. The lowest BCUT2D eigenvalue weighted by molar-refractivity contribution is -0.154. The van der Waals surface area contributed by atoms with Gasteiger partial charge in [-0.2, -0.15) is 0 Å². The molecule has 1 rings (SSSR count). The second-order valence-corrected chi connectivity index (χ2v) is 5.83. The fourth-order valence-electron chi connectivity index (χ4n) is 2.69. The van der Waals surface area contributed by atoms with Crippen LogP contribution in [0.15, 0.2) is 0 Å². The second-order valence-electron chi connectivity index (χ2n) is 5.83. The SMILES string of the molecule is CN(C)CCCNC(=O)CC1(C(=O)O)CCCCC1. The summed E-state index contributed by atoms with van der Waals surface area (Å²) in [6.07, 6.45) is 5.20. The van der Waals surface area contributed by atoms with Gasteiger partial charge in [0.05, 0.1) is 5.41 Å².